The number of hydrogen-bond donors (Lipinski definition) is 0. The summed E-state index contributed by atoms with van der Waals surface area (Å²) in [5, 5.41) is 9.86. The Morgan fingerprint density at radius 2 is 1.83 bits per heavy atom. The van der Waals surface area contributed by atoms with Gasteiger partial charge >= 0.3 is 0 Å². The molecule has 1 fully saturated rings. The highest BCUT2D eigenvalue weighted by Crippen LogP contribution is 2.23. The molecule has 1 saturated heterocycles. The highest BCUT2D eigenvalue weighted by molar-refractivity contribution is 6.09. The van der Waals surface area contributed by atoms with Crippen molar-refractivity contribution in [3.05, 3.63) is 66.1 Å². The SMILES string of the molecule is N#CCCn1cc(C(=O)CN2CCCN(c3ccc(F)cc3)CC2)c2ccccc21. The number of nitrogens with zero attached hydrogens (tertiary/aromatic N) is 4. The maximum Gasteiger partial charge on any atom is 0.178 e. The molecule has 3 aromatic rings. The number of ketones is 1. The highest BCUT2D eigenvalue weighted by atomic mass is 19.1. The van der Waals surface area contributed by atoms with Crippen molar-refractivity contribution in [2.45, 2.75) is 19.4 Å². The number of para-hydroxylation sites is 1. The average Bonchev–Trinajstić information content (AvgIpc) is 2.97. The van der Waals surface area contributed by atoms with Crippen molar-refractivity contribution in [2.24, 2.45) is 0 Å². The summed E-state index contributed by atoms with van der Waals surface area (Å²) < 4.78 is 15.2. The summed E-state index contributed by atoms with van der Waals surface area (Å²) >= 11 is 0. The first-order valence-corrected chi connectivity index (χ1v) is 10.4. The minimum atomic E-state index is -0.227. The zero-order valence-corrected chi connectivity index (χ0v) is 16.9. The zero-order chi connectivity index (χ0) is 20.9. The molecule has 0 spiro atoms. The highest BCUT2D eigenvalue weighted by Gasteiger charge is 2.20. The lowest BCUT2D eigenvalue weighted by Crippen LogP contribution is -2.34. The Morgan fingerprint density at radius 3 is 2.63 bits per heavy atom. The summed E-state index contributed by atoms with van der Waals surface area (Å²) in [6, 6.07) is 16.6. The molecule has 0 radical (unpaired) electrons. The van der Waals surface area contributed by atoms with Gasteiger partial charge in [0, 0.05) is 61.1 Å². The standard InChI is InChI=1S/C24H25FN4O/c25-19-7-9-20(10-8-19)28-14-4-12-27(15-16-28)18-24(30)22-17-29(13-3-11-26)23-6-2-1-5-21(22)23/h1-2,5-10,17H,3-4,12-16,18H2. The van der Waals surface area contributed by atoms with E-state index in [2.05, 4.69) is 15.9 Å². The molecule has 0 N–H and O–H groups in total. The Balaban J connectivity index is 1.45. The topological polar surface area (TPSA) is 52.3 Å². The number of nitriles is 1. The fourth-order valence-corrected chi connectivity index (χ4v) is 4.15. The van der Waals surface area contributed by atoms with Crippen molar-refractivity contribution in [1.29, 1.82) is 5.26 Å². The number of hydrogen-bond acceptors (Lipinski definition) is 4. The summed E-state index contributed by atoms with van der Waals surface area (Å²) in [6.45, 7) is 4.31. The molecule has 2 heterocycles. The Labute approximate surface area is 175 Å². The first-order valence-electron chi connectivity index (χ1n) is 10.4. The fraction of sp³-hybridized carbons (Fsp3) is 0.333. The number of fused-ring (bicyclic) bond motifs is 1. The van der Waals surface area contributed by atoms with Crippen LogP contribution in [0.5, 0.6) is 0 Å². The molecule has 6 heteroatoms. The van der Waals surface area contributed by atoms with Gasteiger partial charge < -0.3 is 9.47 Å². The molecule has 0 aliphatic carbocycles. The summed E-state index contributed by atoms with van der Waals surface area (Å²) in [5.74, 6) is -0.119. The number of aryl methyl sites for hydroxylation is 1. The van der Waals surface area contributed by atoms with Crippen LogP contribution in [0.2, 0.25) is 0 Å². The molecule has 0 saturated carbocycles. The predicted molar refractivity (Wildman–Crippen MR) is 116 cm³/mol. The second-order valence-electron chi connectivity index (χ2n) is 7.68. The van der Waals surface area contributed by atoms with Gasteiger partial charge in [0.05, 0.1) is 19.0 Å². The maximum atomic E-state index is 13.2. The number of benzene rings is 2. The van der Waals surface area contributed by atoms with Crippen molar-refractivity contribution in [2.75, 3.05) is 37.6 Å². The monoisotopic (exact) mass is 404 g/mol. The molecular weight excluding hydrogens is 379 g/mol. The number of Topliss-reactive ketones (excluding diaryl/α,β-unsaturated/α-hetero) is 1. The van der Waals surface area contributed by atoms with Crippen LogP contribution in [0, 0.1) is 17.1 Å². The molecule has 1 aromatic heterocycles. The molecule has 5 nitrogen and oxygen atoms in total. The van der Waals surface area contributed by atoms with E-state index in [1.54, 1.807) is 0 Å². The molecule has 154 valence electrons. The Bertz CT molecular complexity index is 1070. The van der Waals surface area contributed by atoms with Crippen molar-refractivity contribution in [3.63, 3.8) is 0 Å². The first kappa shape index (κ1) is 20.1. The van der Waals surface area contributed by atoms with Crippen LogP contribution >= 0.6 is 0 Å². The van der Waals surface area contributed by atoms with Gasteiger partial charge in [-0.25, -0.2) is 4.39 Å². The van der Waals surface area contributed by atoms with Gasteiger partial charge in [0.25, 0.3) is 0 Å². The second-order valence-corrected chi connectivity index (χ2v) is 7.68. The third-order valence-electron chi connectivity index (χ3n) is 5.70. The fourth-order valence-electron chi connectivity index (χ4n) is 4.15. The third kappa shape index (κ3) is 4.37. The van der Waals surface area contributed by atoms with Crippen LogP contribution < -0.4 is 4.90 Å². The maximum absolute atomic E-state index is 13.2. The van der Waals surface area contributed by atoms with Gasteiger partial charge in [0.15, 0.2) is 5.78 Å². The number of carbonyl (C=O) groups is 1. The number of halogens is 1. The van der Waals surface area contributed by atoms with Crippen LogP contribution in [0.4, 0.5) is 10.1 Å². The molecule has 2 aromatic carbocycles. The van der Waals surface area contributed by atoms with E-state index in [0.29, 0.717) is 19.5 Å². The largest absolute Gasteiger partial charge is 0.370 e. The van der Waals surface area contributed by atoms with Crippen LogP contribution in [-0.4, -0.2) is 48.0 Å². The molecule has 4 rings (SSSR count). The minimum Gasteiger partial charge on any atom is -0.370 e. The normalized spacial score (nSPS) is 15.1. The van der Waals surface area contributed by atoms with Gasteiger partial charge in [-0.1, -0.05) is 18.2 Å². The van der Waals surface area contributed by atoms with Crippen LogP contribution in [0.25, 0.3) is 10.9 Å². The molecule has 1 aliphatic heterocycles. The summed E-state index contributed by atoms with van der Waals surface area (Å²) in [4.78, 5) is 17.6. The van der Waals surface area contributed by atoms with E-state index < -0.39 is 0 Å². The second kappa shape index (κ2) is 9.10. The van der Waals surface area contributed by atoms with Crippen molar-refractivity contribution >= 4 is 22.4 Å². The summed E-state index contributed by atoms with van der Waals surface area (Å²) in [6.07, 6.45) is 3.26. The lowest BCUT2D eigenvalue weighted by Gasteiger charge is -2.23. The lowest BCUT2D eigenvalue weighted by molar-refractivity contribution is 0.0936. The van der Waals surface area contributed by atoms with Gasteiger partial charge in [0.1, 0.15) is 5.82 Å². The summed E-state index contributed by atoms with van der Waals surface area (Å²) in [5.41, 5.74) is 2.74. The molecular formula is C24H25FN4O. The lowest BCUT2D eigenvalue weighted by atomic mass is 10.1. The zero-order valence-electron chi connectivity index (χ0n) is 16.9. The Kier molecular flexibility index (Phi) is 6.10. The van der Waals surface area contributed by atoms with Crippen LogP contribution in [-0.2, 0) is 6.54 Å². The van der Waals surface area contributed by atoms with E-state index in [9.17, 15) is 9.18 Å². The molecule has 0 atom stereocenters. The molecule has 0 amide bonds. The van der Waals surface area contributed by atoms with Gasteiger partial charge in [-0.3, -0.25) is 9.69 Å². The van der Waals surface area contributed by atoms with E-state index in [4.69, 9.17) is 5.26 Å². The molecule has 0 unspecified atom stereocenters. The minimum absolute atomic E-state index is 0.108. The van der Waals surface area contributed by atoms with E-state index in [-0.39, 0.29) is 11.6 Å². The predicted octanol–water partition coefficient (Wildman–Crippen LogP) is 4.09. The van der Waals surface area contributed by atoms with Crippen molar-refractivity contribution < 1.29 is 9.18 Å². The first-order chi connectivity index (χ1) is 14.7. The van der Waals surface area contributed by atoms with Gasteiger partial charge in [-0.2, -0.15) is 5.26 Å². The van der Waals surface area contributed by atoms with Gasteiger partial charge in [0.2, 0.25) is 0 Å². The number of anilines is 1. The Hall–Kier alpha value is -3.17. The number of carbonyl (C=O) groups excluding carboxylic acids is 1. The van der Waals surface area contributed by atoms with Gasteiger partial charge in [-0.15, -0.1) is 0 Å². The van der Waals surface area contributed by atoms with E-state index in [1.165, 1.54) is 12.1 Å². The van der Waals surface area contributed by atoms with Crippen molar-refractivity contribution in [1.82, 2.24) is 9.47 Å². The van der Waals surface area contributed by atoms with E-state index >= 15 is 0 Å². The van der Waals surface area contributed by atoms with Crippen LogP contribution in [0.3, 0.4) is 0 Å². The summed E-state index contributed by atoms with van der Waals surface area (Å²) in [7, 11) is 0. The quantitative estimate of drug-likeness (QED) is 0.581. The van der Waals surface area contributed by atoms with E-state index in [1.807, 2.05) is 47.2 Å². The van der Waals surface area contributed by atoms with Crippen molar-refractivity contribution in [3.8, 4) is 6.07 Å². The van der Waals surface area contributed by atoms with Crippen LogP contribution in [0.1, 0.15) is 23.2 Å². The van der Waals surface area contributed by atoms with Gasteiger partial charge in [-0.05, 0) is 36.8 Å². The third-order valence-corrected chi connectivity index (χ3v) is 5.70. The number of aromatic nitrogens is 1. The smallest absolute Gasteiger partial charge is 0.178 e. The van der Waals surface area contributed by atoms with E-state index in [0.717, 1.165) is 54.8 Å². The number of rotatable bonds is 6. The molecule has 0 bridgehead atoms. The molecule has 30 heavy (non-hydrogen) atoms. The average molecular weight is 404 g/mol. The molecule has 1 aliphatic rings. The Morgan fingerprint density at radius 1 is 1.03 bits per heavy atom. The van der Waals surface area contributed by atoms with Crippen LogP contribution in [0.15, 0.2) is 54.7 Å².